The number of nitrogen functional groups attached to an aromatic ring is 1. The lowest BCUT2D eigenvalue weighted by molar-refractivity contribution is 0.0692. The number of carbonyl (C=O) groups is 1. The Kier molecular flexibility index (Phi) is 4.33. The van der Waals surface area contributed by atoms with Crippen molar-refractivity contribution in [1.82, 2.24) is 0 Å². The summed E-state index contributed by atoms with van der Waals surface area (Å²) in [6.45, 7) is 1.88. The van der Waals surface area contributed by atoms with E-state index in [1.807, 2.05) is 19.1 Å². The Morgan fingerprint density at radius 2 is 1.95 bits per heavy atom. The number of anilines is 2. The molecule has 1 atom stereocenters. The summed E-state index contributed by atoms with van der Waals surface area (Å²) in [7, 11) is 0. The lowest BCUT2D eigenvalue weighted by atomic mass is 10.1. The highest BCUT2D eigenvalue weighted by molar-refractivity contribution is 6.30. The summed E-state index contributed by atoms with van der Waals surface area (Å²) in [4.78, 5) is 10.8. The maximum Gasteiger partial charge on any atom is 0.338 e. The topological polar surface area (TPSA) is 75.3 Å². The highest BCUT2D eigenvalue weighted by Crippen LogP contribution is 2.27. The van der Waals surface area contributed by atoms with Crippen LogP contribution >= 0.6 is 11.6 Å². The Bertz CT molecular complexity index is 674. The molecule has 0 amide bonds. The van der Waals surface area contributed by atoms with Crippen LogP contribution in [0.25, 0.3) is 0 Å². The van der Waals surface area contributed by atoms with Crippen LogP contribution in [0.3, 0.4) is 0 Å². The van der Waals surface area contributed by atoms with E-state index in [0.717, 1.165) is 17.7 Å². The molecule has 0 fully saturated rings. The highest BCUT2D eigenvalue weighted by atomic mass is 35.5. The summed E-state index contributed by atoms with van der Waals surface area (Å²) in [5.41, 5.74) is 6.79. The molecule has 6 heteroatoms. The molecule has 0 aliphatic rings. The maximum absolute atomic E-state index is 13.7. The molecule has 0 saturated carbocycles. The van der Waals surface area contributed by atoms with Gasteiger partial charge in [0.1, 0.15) is 5.82 Å². The zero-order valence-corrected chi connectivity index (χ0v) is 12.0. The van der Waals surface area contributed by atoms with Gasteiger partial charge in [0.05, 0.1) is 16.9 Å². The van der Waals surface area contributed by atoms with E-state index in [9.17, 15) is 9.18 Å². The number of nitrogens with one attached hydrogen (secondary N) is 1. The predicted molar refractivity (Wildman–Crippen MR) is 81.3 cm³/mol. The van der Waals surface area contributed by atoms with E-state index in [-0.39, 0.29) is 11.7 Å². The molecule has 2 aromatic carbocycles. The molecule has 0 radical (unpaired) electrons. The number of halogens is 2. The van der Waals surface area contributed by atoms with Crippen LogP contribution in [0.1, 0.15) is 28.9 Å². The van der Waals surface area contributed by atoms with Crippen molar-refractivity contribution in [3.63, 3.8) is 0 Å². The summed E-state index contributed by atoms with van der Waals surface area (Å²) in [6.07, 6.45) is 0. The summed E-state index contributed by atoms with van der Waals surface area (Å²) >= 11 is 5.82. The number of benzene rings is 2. The van der Waals surface area contributed by atoms with Crippen LogP contribution < -0.4 is 11.1 Å². The Morgan fingerprint density at radius 3 is 2.52 bits per heavy atom. The van der Waals surface area contributed by atoms with Crippen molar-refractivity contribution in [2.45, 2.75) is 13.0 Å². The first-order chi connectivity index (χ1) is 9.88. The van der Waals surface area contributed by atoms with Crippen molar-refractivity contribution in [3.8, 4) is 0 Å². The van der Waals surface area contributed by atoms with Crippen molar-refractivity contribution in [2.75, 3.05) is 11.1 Å². The van der Waals surface area contributed by atoms with Crippen LogP contribution in [0.5, 0.6) is 0 Å². The second-order valence-electron chi connectivity index (χ2n) is 4.64. The third kappa shape index (κ3) is 3.44. The molecule has 2 rings (SSSR count). The summed E-state index contributed by atoms with van der Waals surface area (Å²) < 4.78 is 13.7. The molecule has 0 spiro atoms. The first-order valence-corrected chi connectivity index (χ1v) is 6.60. The van der Waals surface area contributed by atoms with E-state index >= 15 is 0 Å². The van der Waals surface area contributed by atoms with Crippen molar-refractivity contribution in [1.29, 1.82) is 0 Å². The molecule has 0 heterocycles. The Morgan fingerprint density at radius 1 is 1.33 bits per heavy atom. The van der Waals surface area contributed by atoms with Gasteiger partial charge in [0.15, 0.2) is 0 Å². The number of aromatic carboxylic acids is 1. The van der Waals surface area contributed by atoms with Gasteiger partial charge in [-0.05, 0) is 36.8 Å². The van der Waals surface area contributed by atoms with Gasteiger partial charge in [-0.3, -0.25) is 0 Å². The maximum atomic E-state index is 13.7. The summed E-state index contributed by atoms with van der Waals surface area (Å²) in [5, 5.41) is 12.5. The smallest absolute Gasteiger partial charge is 0.338 e. The molecule has 4 nitrogen and oxygen atoms in total. The minimum absolute atomic E-state index is 0.139. The van der Waals surface area contributed by atoms with Gasteiger partial charge in [-0.1, -0.05) is 23.7 Å². The van der Waals surface area contributed by atoms with Gasteiger partial charge in [-0.15, -0.1) is 0 Å². The van der Waals surface area contributed by atoms with Crippen LogP contribution in [-0.4, -0.2) is 11.1 Å². The molecule has 4 N–H and O–H groups in total. The second kappa shape index (κ2) is 6.01. The number of hydrogen-bond donors (Lipinski definition) is 3. The normalized spacial score (nSPS) is 12.0. The van der Waals surface area contributed by atoms with Crippen molar-refractivity contribution in [3.05, 3.63) is 58.4 Å². The standard InChI is InChI=1S/C15H14ClFN2O2/c1-8(9-2-4-10(16)5-3-9)19-14-7-12(17)11(15(20)21)6-13(14)18/h2-8,19H,18H2,1H3,(H,20,21). The Hall–Kier alpha value is -2.27. The molecule has 110 valence electrons. The van der Waals surface area contributed by atoms with Gasteiger partial charge in [0.2, 0.25) is 0 Å². The lowest BCUT2D eigenvalue weighted by Crippen LogP contribution is -2.10. The van der Waals surface area contributed by atoms with Crippen LogP contribution in [0, 0.1) is 5.82 Å². The van der Waals surface area contributed by atoms with E-state index in [0.29, 0.717) is 10.7 Å². The largest absolute Gasteiger partial charge is 0.478 e. The minimum atomic E-state index is -1.35. The SMILES string of the molecule is CC(Nc1cc(F)c(C(=O)O)cc1N)c1ccc(Cl)cc1. The van der Waals surface area contributed by atoms with E-state index in [1.165, 1.54) is 0 Å². The fourth-order valence-electron chi connectivity index (χ4n) is 1.95. The van der Waals surface area contributed by atoms with Gasteiger partial charge in [0.25, 0.3) is 0 Å². The number of rotatable bonds is 4. The molecule has 0 bridgehead atoms. The van der Waals surface area contributed by atoms with Crippen LogP contribution in [0.2, 0.25) is 5.02 Å². The molecule has 2 aromatic rings. The van der Waals surface area contributed by atoms with Gasteiger partial charge in [0, 0.05) is 11.1 Å². The van der Waals surface area contributed by atoms with Gasteiger partial charge < -0.3 is 16.2 Å². The molecule has 0 aliphatic carbocycles. The minimum Gasteiger partial charge on any atom is -0.478 e. The van der Waals surface area contributed by atoms with Gasteiger partial charge in [-0.25, -0.2) is 9.18 Å². The Labute approximate surface area is 126 Å². The van der Waals surface area contributed by atoms with Crippen LogP contribution in [0.4, 0.5) is 15.8 Å². The van der Waals surface area contributed by atoms with Crippen molar-refractivity contribution in [2.24, 2.45) is 0 Å². The molecule has 21 heavy (non-hydrogen) atoms. The fourth-order valence-corrected chi connectivity index (χ4v) is 2.07. The highest BCUT2D eigenvalue weighted by Gasteiger charge is 2.15. The zero-order valence-electron chi connectivity index (χ0n) is 11.2. The number of nitrogens with two attached hydrogens (primary N) is 1. The quantitative estimate of drug-likeness (QED) is 0.748. The van der Waals surface area contributed by atoms with E-state index in [1.54, 1.807) is 12.1 Å². The number of carboxylic acids is 1. The predicted octanol–water partition coefficient (Wildman–Crippen LogP) is 3.93. The average molecular weight is 309 g/mol. The molecule has 0 aromatic heterocycles. The summed E-state index contributed by atoms with van der Waals surface area (Å²) in [5.74, 6) is -2.18. The fraction of sp³-hybridized carbons (Fsp3) is 0.133. The summed E-state index contributed by atoms with van der Waals surface area (Å²) in [6, 6.07) is 9.26. The third-order valence-electron chi connectivity index (χ3n) is 3.11. The van der Waals surface area contributed by atoms with Crippen LogP contribution in [0.15, 0.2) is 36.4 Å². The first-order valence-electron chi connectivity index (χ1n) is 6.23. The lowest BCUT2D eigenvalue weighted by Gasteiger charge is -2.18. The van der Waals surface area contributed by atoms with Crippen molar-refractivity contribution >= 4 is 28.9 Å². The van der Waals surface area contributed by atoms with E-state index in [2.05, 4.69) is 5.32 Å². The van der Waals surface area contributed by atoms with Gasteiger partial charge >= 0.3 is 5.97 Å². The third-order valence-corrected chi connectivity index (χ3v) is 3.36. The van der Waals surface area contributed by atoms with E-state index < -0.39 is 17.3 Å². The molecule has 0 saturated heterocycles. The van der Waals surface area contributed by atoms with Gasteiger partial charge in [-0.2, -0.15) is 0 Å². The Balaban J connectivity index is 2.25. The second-order valence-corrected chi connectivity index (χ2v) is 5.08. The molecule has 1 unspecified atom stereocenters. The van der Waals surface area contributed by atoms with Crippen LogP contribution in [-0.2, 0) is 0 Å². The average Bonchev–Trinajstić information content (AvgIpc) is 2.42. The zero-order chi connectivity index (χ0) is 15.6. The first kappa shape index (κ1) is 15.1. The molecular weight excluding hydrogens is 295 g/mol. The number of hydrogen-bond acceptors (Lipinski definition) is 3. The monoisotopic (exact) mass is 308 g/mol. The van der Waals surface area contributed by atoms with E-state index in [4.69, 9.17) is 22.4 Å². The molecule has 0 aliphatic heterocycles. The molecular formula is C15H14ClFN2O2. The van der Waals surface area contributed by atoms with Crippen molar-refractivity contribution < 1.29 is 14.3 Å². The number of carboxylic acid groups (broad SMARTS) is 1.